The molecule has 142 valence electrons. The van der Waals surface area contributed by atoms with E-state index in [0.29, 0.717) is 18.5 Å². The molecule has 9 nitrogen and oxygen atoms in total. The largest absolute Gasteiger partial charge is 0.479 e. The maximum absolute atomic E-state index is 12.9. The van der Waals surface area contributed by atoms with Crippen molar-refractivity contribution in [3.63, 3.8) is 0 Å². The first-order valence-corrected chi connectivity index (χ1v) is 8.67. The number of hydrogen-bond acceptors (Lipinski definition) is 5. The molecule has 1 aromatic carbocycles. The summed E-state index contributed by atoms with van der Waals surface area (Å²) in [4.78, 5) is 36.4. The number of amides is 1. The summed E-state index contributed by atoms with van der Waals surface area (Å²) < 4.78 is 1.36. The number of carbonyl (C=O) groups is 2. The van der Waals surface area contributed by atoms with Gasteiger partial charge in [0, 0.05) is 25.4 Å². The molecule has 0 saturated heterocycles. The van der Waals surface area contributed by atoms with E-state index in [0.717, 1.165) is 19.3 Å². The Morgan fingerprint density at radius 3 is 2.59 bits per heavy atom. The summed E-state index contributed by atoms with van der Waals surface area (Å²) in [6, 6.07) is 7.37. The Labute approximate surface area is 155 Å². The number of rotatable bonds is 5. The van der Waals surface area contributed by atoms with Gasteiger partial charge in [-0.15, -0.1) is 0 Å². The van der Waals surface area contributed by atoms with Gasteiger partial charge in [-0.2, -0.15) is 5.10 Å². The molecule has 1 fully saturated rings. The van der Waals surface area contributed by atoms with Crippen molar-refractivity contribution in [3.8, 4) is 5.69 Å². The molecule has 0 aliphatic heterocycles. The lowest BCUT2D eigenvalue weighted by atomic mass is 9.80. The van der Waals surface area contributed by atoms with E-state index >= 15 is 0 Å². The molecule has 2 aromatic rings. The minimum Gasteiger partial charge on any atom is -0.479 e. The van der Waals surface area contributed by atoms with Crippen LogP contribution in [0.3, 0.4) is 0 Å². The van der Waals surface area contributed by atoms with E-state index in [4.69, 9.17) is 0 Å². The van der Waals surface area contributed by atoms with E-state index in [1.807, 2.05) is 0 Å². The Bertz CT molecular complexity index is 885. The van der Waals surface area contributed by atoms with Crippen LogP contribution in [0.5, 0.6) is 0 Å². The predicted molar refractivity (Wildman–Crippen MR) is 95.8 cm³/mol. The highest BCUT2D eigenvalue weighted by Crippen LogP contribution is 2.34. The second-order valence-electron chi connectivity index (χ2n) is 6.68. The number of non-ortho nitro benzene ring substituents is 1. The topological polar surface area (TPSA) is 119 Å². The highest BCUT2D eigenvalue weighted by atomic mass is 16.6. The molecule has 3 rings (SSSR count). The monoisotopic (exact) mass is 372 g/mol. The van der Waals surface area contributed by atoms with Crippen molar-refractivity contribution in [2.75, 3.05) is 7.05 Å². The van der Waals surface area contributed by atoms with Crippen LogP contribution >= 0.6 is 0 Å². The summed E-state index contributed by atoms with van der Waals surface area (Å²) in [5, 5.41) is 24.9. The normalized spacial score (nSPS) is 15.9. The van der Waals surface area contributed by atoms with Gasteiger partial charge in [-0.05, 0) is 25.0 Å². The molecular weight excluding hydrogens is 352 g/mol. The van der Waals surface area contributed by atoms with E-state index in [1.165, 1.54) is 47.1 Å². The lowest BCUT2D eigenvalue weighted by molar-refractivity contribution is -0.384. The molecule has 1 aliphatic carbocycles. The van der Waals surface area contributed by atoms with Gasteiger partial charge in [-0.25, -0.2) is 9.48 Å². The molecule has 0 spiro atoms. The maximum Gasteiger partial charge on any atom is 0.329 e. The Morgan fingerprint density at radius 2 is 1.96 bits per heavy atom. The van der Waals surface area contributed by atoms with Gasteiger partial charge < -0.3 is 10.0 Å². The van der Waals surface area contributed by atoms with Gasteiger partial charge in [-0.1, -0.05) is 25.3 Å². The van der Waals surface area contributed by atoms with Crippen LogP contribution in [-0.4, -0.2) is 49.2 Å². The van der Waals surface area contributed by atoms with E-state index in [9.17, 15) is 24.8 Å². The fourth-order valence-corrected chi connectivity index (χ4v) is 3.53. The van der Waals surface area contributed by atoms with Crippen molar-refractivity contribution >= 4 is 17.6 Å². The maximum atomic E-state index is 12.9. The molecule has 9 heteroatoms. The number of nitro benzene ring substituents is 1. The summed E-state index contributed by atoms with van der Waals surface area (Å²) in [5.41, 5.74) is -0.767. The molecule has 0 bridgehead atoms. The van der Waals surface area contributed by atoms with Gasteiger partial charge in [0.15, 0.2) is 5.69 Å². The number of aromatic nitrogens is 2. The van der Waals surface area contributed by atoms with E-state index in [1.54, 1.807) is 6.07 Å². The quantitative estimate of drug-likeness (QED) is 0.636. The van der Waals surface area contributed by atoms with Crippen LogP contribution in [0.2, 0.25) is 0 Å². The Kier molecular flexibility index (Phi) is 4.93. The fraction of sp³-hybridized carbons (Fsp3) is 0.389. The zero-order valence-electron chi connectivity index (χ0n) is 14.9. The van der Waals surface area contributed by atoms with Crippen molar-refractivity contribution in [3.05, 3.63) is 52.3 Å². The molecule has 1 saturated carbocycles. The van der Waals surface area contributed by atoms with Crippen LogP contribution < -0.4 is 0 Å². The minimum atomic E-state index is -1.22. The number of nitrogens with zero attached hydrogens (tertiary/aromatic N) is 4. The van der Waals surface area contributed by atoms with Gasteiger partial charge in [0.25, 0.3) is 11.6 Å². The number of nitro groups is 1. The average Bonchev–Trinajstić information content (AvgIpc) is 3.17. The second kappa shape index (κ2) is 7.18. The van der Waals surface area contributed by atoms with Gasteiger partial charge in [0.2, 0.25) is 0 Å². The minimum absolute atomic E-state index is 0.0833. The molecule has 0 radical (unpaired) electrons. The first kappa shape index (κ1) is 18.6. The molecule has 27 heavy (non-hydrogen) atoms. The average molecular weight is 372 g/mol. The zero-order chi connectivity index (χ0) is 19.6. The first-order chi connectivity index (χ1) is 12.8. The predicted octanol–water partition coefficient (Wildman–Crippen LogP) is 2.64. The summed E-state index contributed by atoms with van der Waals surface area (Å²) in [6.45, 7) is 0. The third-order valence-corrected chi connectivity index (χ3v) is 5.14. The van der Waals surface area contributed by atoms with Crippen molar-refractivity contribution in [1.29, 1.82) is 0 Å². The summed E-state index contributed by atoms with van der Waals surface area (Å²) in [7, 11) is 1.49. The molecular formula is C18H20N4O5. The highest BCUT2D eigenvalue weighted by molar-refractivity contribution is 5.96. The highest BCUT2D eigenvalue weighted by Gasteiger charge is 2.46. The van der Waals surface area contributed by atoms with Crippen molar-refractivity contribution in [2.45, 2.75) is 37.6 Å². The van der Waals surface area contributed by atoms with Crippen molar-refractivity contribution < 1.29 is 19.6 Å². The number of carboxylic acid groups (broad SMARTS) is 1. The van der Waals surface area contributed by atoms with Gasteiger partial charge in [0.05, 0.1) is 10.6 Å². The summed E-state index contributed by atoms with van der Waals surface area (Å²) in [6.07, 6.45) is 4.82. The molecule has 1 aliphatic rings. The number of hydrogen-bond donors (Lipinski definition) is 1. The van der Waals surface area contributed by atoms with E-state index in [2.05, 4.69) is 5.10 Å². The van der Waals surface area contributed by atoms with E-state index in [-0.39, 0.29) is 11.4 Å². The Balaban J connectivity index is 1.87. The fourth-order valence-electron chi connectivity index (χ4n) is 3.53. The Hall–Kier alpha value is -3.23. The third kappa shape index (κ3) is 3.40. The standard InChI is InChI=1S/C18H20N4O5/c1-20(18(17(24)25)9-3-2-4-10-18)16(23)15-8-11-21(19-15)13-6-5-7-14(12-13)22(26)27/h5-8,11-12H,2-4,9-10H2,1H3,(H,24,25). The second-order valence-corrected chi connectivity index (χ2v) is 6.68. The molecule has 1 aromatic heterocycles. The molecule has 1 amide bonds. The Morgan fingerprint density at radius 1 is 1.26 bits per heavy atom. The smallest absolute Gasteiger partial charge is 0.329 e. The van der Waals surface area contributed by atoms with Crippen LogP contribution in [0.1, 0.15) is 42.6 Å². The number of carboxylic acids is 1. The number of aliphatic carboxylic acids is 1. The molecule has 1 heterocycles. The molecule has 0 unspecified atom stereocenters. The van der Waals surface area contributed by atoms with Gasteiger partial charge in [0.1, 0.15) is 5.54 Å². The molecule has 1 N–H and O–H groups in total. The zero-order valence-corrected chi connectivity index (χ0v) is 14.9. The number of benzene rings is 1. The summed E-state index contributed by atoms with van der Waals surface area (Å²) in [5.74, 6) is -1.49. The lowest BCUT2D eigenvalue weighted by Crippen LogP contribution is -2.56. The van der Waals surface area contributed by atoms with Gasteiger partial charge >= 0.3 is 5.97 Å². The third-order valence-electron chi connectivity index (χ3n) is 5.14. The first-order valence-electron chi connectivity index (χ1n) is 8.67. The van der Waals surface area contributed by atoms with Crippen LogP contribution in [0.4, 0.5) is 5.69 Å². The van der Waals surface area contributed by atoms with Crippen LogP contribution in [-0.2, 0) is 4.79 Å². The van der Waals surface area contributed by atoms with Crippen LogP contribution in [0, 0.1) is 10.1 Å². The summed E-state index contributed by atoms with van der Waals surface area (Å²) >= 11 is 0. The van der Waals surface area contributed by atoms with Crippen LogP contribution in [0.25, 0.3) is 5.69 Å². The van der Waals surface area contributed by atoms with Crippen LogP contribution in [0.15, 0.2) is 36.5 Å². The number of likely N-dealkylation sites (N-methyl/N-ethyl adjacent to an activating group) is 1. The lowest BCUT2D eigenvalue weighted by Gasteiger charge is -2.40. The van der Waals surface area contributed by atoms with Crippen molar-refractivity contribution in [1.82, 2.24) is 14.7 Å². The van der Waals surface area contributed by atoms with Crippen molar-refractivity contribution in [2.24, 2.45) is 0 Å². The SMILES string of the molecule is CN(C(=O)c1ccn(-c2cccc([N+](=O)[O-])c2)n1)C1(C(=O)O)CCCCC1. The number of carbonyl (C=O) groups excluding carboxylic acids is 1. The van der Waals surface area contributed by atoms with E-state index < -0.39 is 22.3 Å². The van der Waals surface area contributed by atoms with Gasteiger partial charge in [-0.3, -0.25) is 14.9 Å². The molecule has 0 atom stereocenters.